The number of fused-ring (bicyclic) bond motifs is 1. The maximum absolute atomic E-state index is 9.57. The van der Waals surface area contributed by atoms with Crippen molar-refractivity contribution in [1.82, 2.24) is 9.97 Å². The Morgan fingerprint density at radius 1 is 1.06 bits per heavy atom. The first-order valence-corrected chi connectivity index (χ1v) is 5.28. The molecule has 4 N–H and O–H groups in total. The molecule has 0 saturated heterocycles. The molecule has 2 aromatic carbocycles. The molecule has 0 amide bonds. The van der Waals surface area contributed by atoms with Gasteiger partial charge in [-0.2, -0.15) is 0 Å². The number of imidazole rings is 1. The number of nitrogen functional groups attached to an aromatic ring is 1. The van der Waals surface area contributed by atoms with E-state index in [-0.39, 0.29) is 5.75 Å². The number of phenols is 1. The molecule has 0 radical (unpaired) electrons. The number of hydrogen-bond donors (Lipinski definition) is 3. The number of aromatic nitrogens is 2. The van der Waals surface area contributed by atoms with Gasteiger partial charge in [0.25, 0.3) is 0 Å². The third-order valence-corrected chi connectivity index (χ3v) is 2.73. The van der Waals surface area contributed by atoms with Crippen LogP contribution in [-0.2, 0) is 0 Å². The average molecular weight is 225 g/mol. The van der Waals surface area contributed by atoms with Crippen LogP contribution in [0.4, 0.5) is 5.69 Å². The van der Waals surface area contributed by atoms with Crippen molar-refractivity contribution >= 4 is 16.7 Å². The van der Waals surface area contributed by atoms with Gasteiger partial charge in [-0.25, -0.2) is 4.98 Å². The van der Waals surface area contributed by atoms with Gasteiger partial charge in [0.1, 0.15) is 11.6 Å². The smallest absolute Gasteiger partial charge is 0.140 e. The van der Waals surface area contributed by atoms with Crippen LogP contribution in [0.15, 0.2) is 42.5 Å². The van der Waals surface area contributed by atoms with E-state index in [1.54, 1.807) is 12.1 Å². The fraction of sp³-hybridized carbons (Fsp3) is 0. The molecular formula is C13H11N3O. The molecule has 1 heterocycles. The number of hydrogen-bond acceptors (Lipinski definition) is 3. The van der Waals surface area contributed by atoms with Gasteiger partial charge in [0.15, 0.2) is 0 Å². The molecule has 84 valence electrons. The van der Waals surface area contributed by atoms with Crippen LogP contribution in [0.2, 0.25) is 0 Å². The van der Waals surface area contributed by atoms with E-state index in [9.17, 15) is 5.11 Å². The number of aromatic amines is 1. The number of nitrogens with two attached hydrogens (primary N) is 1. The molecule has 3 aromatic rings. The highest BCUT2D eigenvalue weighted by atomic mass is 16.3. The summed E-state index contributed by atoms with van der Waals surface area (Å²) in [5, 5.41) is 9.57. The Morgan fingerprint density at radius 2 is 1.88 bits per heavy atom. The number of para-hydroxylation sites is 3. The minimum absolute atomic E-state index is 0.0722. The second-order valence-electron chi connectivity index (χ2n) is 3.84. The number of benzene rings is 2. The van der Waals surface area contributed by atoms with Crippen LogP contribution in [0.1, 0.15) is 0 Å². The van der Waals surface area contributed by atoms with Gasteiger partial charge in [0, 0.05) is 5.56 Å². The molecule has 0 atom stereocenters. The SMILES string of the molecule is Nc1c(O)cccc1-c1nc2ccccc2[nH]1. The van der Waals surface area contributed by atoms with E-state index in [1.165, 1.54) is 0 Å². The highest BCUT2D eigenvalue weighted by molar-refractivity contribution is 5.83. The van der Waals surface area contributed by atoms with Crippen LogP contribution in [0, 0.1) is 0 Å². The first kappa shape index (κ1) is 9.72. The Morgan fingerprint density at radius 3 is 2.71 bits per heavy atom. The monoisotopic (exact) mass is 225 g/mol. The van der Waals surface area contributed by atoms with Gasteiger partial charge in [0.05, 0.1) is 16.7 Å². The highest BCUT2D eigenvalue weighted by Crippen LogP contribution is 2.31. The second kappa shape index (κ2) is 3.52. The summed E-state index contributed by atoms with van der Waals surface area (Å²) in [7, 11) is 0. The standard InChI is InChI=1S/C13H11N3O/c14-12-8(4-3-7-11(12)17)13-15-9-5-1-2-6-10(9)16-13/h1-7,17H,14H2,(H,15,16). The van der Waals surface area contributed by atoms with Gasteiger partial charge >= 0.3 is 0 Å². The summed E-state index contributed by atoms with van der Waals surface area (Å²) in [6, 6.07) is 12.9. The molecule has 0 spiro atoms. The Hall–Kier alpha value is -2.49. The highest BCUT2D eigenvalue weighted by Gasteiger charge is 2.10. The lowest BCUT2D eigenvalue weighted by Gasteiger charge is -2.03. The summed E-state index contributed by atoms with van der Waals surface area (Å²) in [5.74, 6) is 0.738. The maximum Gasteiger partial charge on any atom is 0.140 e. The largest absolute Gasteiger partial charge is 0.506 e. The minimum atomic E-state index is 0.0722. The van der Waals surface area contributed by atoms with Crippen molar-refractivity contribution in [3.05, 3.63) is 42.5 Å². The summed E-state index contributed by atoms with van der Waals surface area (Å²) in [4.78, 5) is 7.62. The summed E-state index contributed by atoms with van der Waals surface area (Å²) in [6.07, 6.45) is 0. The number of anilines is 1. The fourth-order valence-electron chi connectivity index (χ4n) is 1.84. The Bertz CT molecular complexity index is 655. The Kier molecular flexibility index (Phi) is 2.01. The third-order valence-electron chi connectivity index (χ3n) is 2.73. The van der Waals surface area contributed by atoms with E-state index < -0.39 is 0 Å². The van der Waals surface area contributed by atoms with Crippen molar-refractivity contribution in [2.24, 2.45) is 0 Å². The zero-order valence-electron chi connectivity index (χ0n) is 9.01. The summed E-state index contributed by atoms with van der Waals surface area (Å²) in [6.45, 7) is 0. The molecule has 17 heavy (non-hydrogen) atoms. The predicted molar refractivity (Wildman–Crippen MR) is 67.6 cm³/mol. The lowest BCUT2D eigenvalue weighted by molar-refractivity contribution is 0.478. The van der Waals surface area contributed by atoms with Crippen LogP contribution in [-0.4, -0.2) is 15.1 Å². The average Bonchev–Trinajstić information content (AvgIpc) is 2.76. The van der Waals surface area contributed by atoms with Crippen LogP contribution in [0.25, 0.3) is 22.4 Å². The van der Waals surface area contributed by atoms with E-state index in [4.69, 9.17) is 5.73 Å². The zero-order chi connectivity index (χ0) is 11.8. The normalized spacial score (nSPS) is 10.8. The summed E-state index contributed by atoms with van der Waals surface area (Å²) in [5.41, 5.74) is 8.70. The first-order valence-electron chi connectivity index (χ1n) is 5.28. The van der Waals surface area contributed by atoms with Gasteiger partial charge in [-0.15, -0.1) is 0 Å². The van der Waals surface area contributed by atoms with E-state index in [0.29, 0.717) is 17.1 Å². The van der Waals surface area contributed by atoms with Crippen molar-refractivity contribution in [2.45, 2.75) is 0 Å². The van der Waals surface area contributed by atoms with Crippen LogP contribution >= 0.6 is 0 Å². The van der Waals surface area contributed by atoms with Crippen molar-refractivity contribution in [2.75, 3.05) is 5.73 Å². The van der Waals surface area contributed by atoms with Gasteiger partial charge < -0.3 is 15.8 Å². The van der Waals surface area contributed by atoms with E-state index >= 15 is 0 Å². The molecule has 1 aromatic heterocycles. The van der Waals surface area contributed by atoms with Crippen LogP contribution in [0.3, 0.4) is 0 Å². The predicted octanol–water partition coefficient (Wildman–Crippen LogP) is 2.52. The summed E-state index contributed by atoms with van der Waals surface area (Å²) < 4.78 is 0. The number of nitrogens with one attached hydrogen (secondary N) is 1. The topological polar surface area (TPSA) is 74.9 Å². The van der Waals surface area contributed by atoms with Gasteiger partial charge in [-0.3, -0.25) is 0 Å². The quantitative estimate of drug-likeness (QED) is 0.440. The molecule has 0 fully saturated rings. The van der Waals surface area contributed by atoms with Crippen molar-refractivity contribution in [3.63, 3.8) is 0 Å². The molecule has 0 unspecified atom stereocenters. The molecule has 0 aliphatic carbocycles. The van der Waals surface area contributed by atoms with Crippen molar-refractivity contribution in [3.8, 4) is 17.1 Å². The van der Waals surface area contributed by atoms with Gasteiger partial charge in [-0.1, -0.05) is 18.2 Å². The molecular weight excluding hydrogens is 214 g/mol. The maximum atomic E-state index is 9.57. The molecule has 0 aliphatic rings. The number of phenolic OH excluding ortho intramolecular Hbond substituents is 1. The summed E-state index contributed by atoms with van der Waals surface area (Å²) >= 11 is 0. The number of aromatic hydroxyl groups is 1. The second-order valence-corrected chi connectivity index (χ2v) is 3.84. The van der Waals surface area contributed by atoms with Gasteiger partial charge in [0.2, 0.25) is 0 Å². The molecule has 4 heteroatoms. The fourth-order valence-corrected chi connectivity index (χ4v) is 1.84. The molecule has 4 nitrogen and oxygen atoms in total. The first-order chi connectivity index (χ1) is 8.25. The number of nitrogens with zero attached hydrogens (tertiary/aromatic N) is 1. The third kappa shape index (κ3) is 1.50. The van der Waals surface area contributed by atoms with E-state index in [1.807, 2.05) is 30.3 Å². The van der Waals surface area contributed by atoms with E-state index in [0.717, 1.165) is 11.0 Å². The lowest BCUT2D eigenvalue weighted by atomic mass is 10.1. The van der Waals surface area contributed by atoms with Crippen molar-refractivity contribution in [1.29, 1.82) is 0 Å². The van der Waals surface area contributed by atoms with Crippen molar-refractivity contribution < 1.29 is 5.11 Å². The van der Waals surface area contributed by atoms with Gasteiger partial charge in [-0.05, 0) is 24.3 Å². The minimum Gasteiger partial charge on any atom is -0.506 e. The molecule has 0 aliphatic heterocycles. The molecule has 0 saturated carbocycles. The molecule has 3 rings (SSSR count). The zero-order valence-corrected chi connectivity index (χ0v) is 9.01. The van der Waals surface area contributed by atoms with E-state index in [2.05, 4.69) is 9.97 Å². The number of rotatable bonds is 1. The Balaban J connectivity index is 2.24. The number of H-pyrrole nitrogens is 1. The van der Waals surface area contributed by atoms with Crippen LogP contribution in [0.5, 0.6) is 5.75 Å². The Labute approximate surface area is 97.7 Å². The van der Waals surface area contributed by atoms with Crippen LogP contribution < -0.4 is 5.73 Å². The molecule has 0 bridgehead atoms. The lowest BCUT2D eigenvalue weighted by Crippen LogP contribution is -1.91.